The number of benzene rings is 1. The highest BCUT2D eigenvalue weighted by atomic mass is 32.1. The number of carbonyl (C=O) groups excluding carboxylic acids is 2. The summed E-state index contributed by atoms with van der Waals surface area (Å²) in [5.41, 5.74) is 0.931. The molecule has 124 valence electrons. The lowest BCUT2D eigenvalue weighted by Crippen LogP contribution is -2.11. The Kier molecular flexibility index (Phi) is 5.80. The van der Waals surface area contributed by atoms with E-state index >= 15 is 0 Å². The summed E-state index contributed by atoms with van der Waals surface area (Å²) in [7, 11) is 0. The van der Waals surface area contributed by atoms with E-state index in [1.165, 1.54) is 47.8 Å². The number of non-ortho nitro benzene ring substituents is 1. The minimum absolute atomic E-state index is 0.0192. The van der Waals surface area contributed by atoms with Crippen molar-refractivity contribution in [2.75, 3.05) is 11.9 Å². The highest BCUT2D eigenvalue weighted by Gasteiger charge is 2.15. The number of amides is 1. The van der Waals surface area contributed by atoms with Gasteiger partial charge in [0.2, 0.25) is 5.91 Å². The van der Waals surface area contributed by atoms with E-state index in [1.807, 2.05) is 0 Å². The number of nitrogens with zero attached hydrogens (tertiary/aromatic N) is 1. The van der Waals surface area contributed by atoms with E-state index in [4.69, 9.17) is 4.74 Å². The Morgan fingerprint density at radius 3 is 2.62 bits per heavy atom. The first-order chi connectivity index (χ1) is 11.5. The molecule has 24 heavy (non-hydrogen) atoms. The molecule has 0 aliphatic carbocycles. The first-order valence-electron chi connectivity index (χ1n) is 6.99. The molecule has 8 heteroatoms. The van der Waals surface area contributed by atoms with Crippen LogP contribution in [0.4, 0.5) is 10.7 Å². The van der Waals surface area contributed by atoms with Crippen LogP contribution in [0.25, 0.3) is 6.08 Å². The summed E-state index contributed by atoms with van der Waals surface area (Å²) in [5.74, 6) is -0.908. The lowest BCUT2D eigenvalue weighted by atomic mass is 10.2. The summed E-state index contributed by atoms with van der Waals surface area (Å²) >= 11 is 1.22. The van der Waals surface area contributed by atoms with E-state index in [9.17, 15) is 19.7 Å². The first kappa shape index (κ1) is 17.4. The predicted molar refractivity (Wildman–Crippen MR) is 91.0 cm³/mol. The molecule has 0 saturated carbocycles. The Balaban J connectivity index is 2.02. The molecule has 0 unspecified atom stereocenters. The fourth-order valence-corrected chi connectivity index (χ4v) is 2.59. The molecule has 2 aromatic rings. The van der Waals surface area contributed by atoms with Crippen molar-refractivity contribution < 1.29 is 19.2 Å². The lowest BCUT2D eigenvalue weighted by molar-refractivity contribution is -0.384. The minimum atomic E-state index is -0.492. The monoisotopic (exact) mass is 346 g/mol. The second kappa shape index (κ2) is 8.02. The maximum atomic E-state index is 11.9. The van der Waals surface area contributed by atoms with Gasteiger partial charge in [0.25, 0.3) is 5.69 Å². The van der Waals surface area contributed by atoms with Crippen molar-refractivity contribution in [3.8, 4) is 0 Å². The highest BCUT2D eigenvalue weighted by molar-refractivity contribution is 7.14. The average molecular weight is 346 g/mol. The maximum absolute atomic E-state index is 11.9. The third kappa shape index (κ3) is 4.50. The third-order valence-corrected chi connectivity index (χ3v) is 3.76. The molecule has 1 aromatic heterocycles. The third-order valence-electron chi connectivity index (χ3n) is 2.93. The van der Waals surface area contributed by atoms with Gasteiger partial charge in [-0.15, -0.1) is 11.3 Å². The van der Waals surface area contributed by atoms with Gasteiger partial charge in [-0.25, -0.2) is 4.79 Å². The van der Waals surface area contributed by atoms with Crippen molar-refractivity contribution in [2.45, 2.75) is 6.92 Å². The van der Waals surface area contributed by atoms with Crippen LogP contribution < -0.4 is 5.32 Å². The second-order valence-corrected chi connectivity index (χ2v) is 5.47. The quantitative estimate of drug-likeness (QED) is 0.374. The van der Waals surface area contributed by atoms with Crippen molar-refractivity contribution in [1.29, 1.82) is 0 Å². The van der Waals surface area contributed by atoms with Gasteiger partial charge in [-0.05, 0) is 42.1 Å². The summed E-state index contributed by atoms with van der Waals surface area (Å²) in [6, 6.07) is 7.37. The van der Waals surface area contributed by atoms with E-state index in [0.717, 1.165) is 0 Å². The van der Waals surface area contributed by atoms with Crippen molar-refractivity contribution in [3.05, 3.63) is 63.0 Å². The first-order valence-corrected chi connectivity index (χ1v) is 7.87. The summed E-state index contributed by atoms with van der Waals surface area (Å²) in [6.45, 7) is 1.96. The SMILES string of the molecule is CCOC(=O)c1ccsc1NC(=O)/C=C/c1ccc([N+](=O)[O-])cc1. The number of nitrogens with one attached hydrogen (secondary N) is 1. The van der Waals surface area contributed by atoms with Gasteiger partial charge in [0.05, 0.1) is 17.1 Å². The second-order valence-electron chi connectivity index (χ2n) is 4.56. The molecule has 0 aliphatic heterocycles. The van der Waals surface area contributed by atoms with Gasteiger partial charge in [-0.2, -0.15) is 0 Å². The number of carbonyl (C=O) groups is 2. The molecular formula is C16H14N2O5S. The van der Waals surface area contributed by atoms with Crippen LogP contribution in [-0.2, 0) is 9.53 Å². The molecule has 1 amide bonds. The number of nitro benzene ring substituents is 1. The van der Waals surface area contributed by atoms with E-state index < -0.39 is 16.8 Å². The summed E-state index contributed by atoms with van der Waals surface area (Å²) in [5, 5.41) is 15.3. The number of anilines is 1. The molecular weight excluding hydrogens is 332 g/mol. The summed E-state index contributed by atoms with van der Waals surface area (Å²) in [6.07, 6.45) is 2.81. The zero-order chi connectivity index (χ0) is 17.5. The number of ether oxygens (including phenoxy) is 1. The fourth-order valence-electron chi connectivity index (χ4n) is 1.81. The molecule has 0 radical (unpaired) electrons. The highest BCUT2D eigenvalue weighted by Crippen LogP contribution is 2.24. The van der Waals surface area contributed by atoms with Crippen LogP contribution in [0.2, 0.25) is 0 Å². The molecule has 7 nitrogen and oxygen atoms in total. The molecule has 1 aromatic carbocycles. The Bertz CT molecular complexity index is 780. The van der Waals surface area contributed by atoms with Gasteiger partial charge in [0.1, 0.15) is 5.00 Å². The van der Waals surface area contributed by atoms with Crippen molar-refractivity contribution >= 4 is 40.0 Å². The van der Waals surface area contributed by atoms with Gasteiger partial charge in [0.15, 0.2) is 0 Å². The Labute approximate surface area is 141 Å². The van der Waals surface area contributed by atoms with Gasteiger partial charge < -0.3 is 10.1 Å². The van der Waals surface area contributed by atoms with E-state index in [1.54, 1.807) is 18.4 Å². The normalized spacial score (nSPS) is 10.5. The van der Waals surface area contributed by atoms with Crippen molar-refractivity contribution in [2.24, 2.45) is 0 Å². The molecule has 1 heterocycles. The van der Waals surface area contributed by atoms with Crippen LogP contribution in [0, 0.1) is 10.1 Å². The standard InChI is InChI=1S/C16H14N2O5S/c1-2-23-16(20)13-9-10-24-15(13)17-14(19)8-5-11-3-6-12(7-4-11)18(21)22/h3-10H,2H2,1H3,(H,17,19)/b8-5+. The molecule has 0 aliphatic rings. The van der Waals surface area contributed by atoms with Gasteiger partial charge in [-0.1, -0.05) is 0 Å². The summed E-state index contributed by atoms with van der Waals surface area (Å²) < 4.78 is 4.91. The maximum Gasteiger partial charge on any atom is 0.341 e. The number of hydrogen-bond donors (Lipinski definition) is 1. The van der Waals surface area contributed by atoms with Crippen molar-refractivity contribution in [1.82, 2.24) is 0 Å². The predicted octanol–water partition coefficient (Wildman–Crippen LogP) is 3.48. The fraction of sp³-hybridized carbons (Fsp3) is 0.125. The van der Waals surface area contributed by atoms with Crippen LogP contribution in [0.3, 0.4) is 0 Å². The average Bonchev–Trinajstić information content (AvgIpc) is 3.01. The Hall–Kier alpha value is -3.00. The molecule has 0 bridgehead atoms. The van der Waals surface area contributed by atoms with E-state index in [2.05, 4.69) is 5.32 Å². The van der Waals surface area contributed by atoms with Crippen LogP contribution in [-0.4, -0.2) is 23.4 Å². The lowest BCUT2D eigenvalue weighted by Gasteiger charge is -2.03. The number of thiophene rings is 1. The van der Waals surface area contributed by atoms with Gasteiger partial charge in [0, 0.05) is 18.2 Å². The molecule has 0 spiro atoms. The zero-order valence-electron chi connectivity index (χ0n) is 12.7. The number of nitro groups is 1. The molecule has 1 N–H and O–H groups in total. The van der Waals surface area contributed by atoms with Gasteiger partial charge in [-0.3, -0.25) is 14.9 Å². The van der Waals surface area contributed by atoms with Crippen LogP contribution in [0.1, 0.15) is 22.8 Å². The molecule has 2 rings (SSSR count). The number of esters is 1. The van der Waals surface area contributed by atoms with Crippen LogP contribution >= 0.6 is 11.3 Å². The largest absolute Gasteiger partial charge is 0.462 e. The topological polar surface area (TPSA) is 98.5 Å². The number of hydrogen-bond acceptors (Lipinski definition) is 6. The molecule has 0 atom stereocenters. The van der Waals surface area contributed by atoms with Crippen LogP contribution in [0.5, 0.6) is 0 Å². The van der Waals surface area contributed by atoms with Crippen molar-refractivity contribution in [3.63, 3.8) is 0 Å². The Morgan fingerprint density at radius 2 is 2.00 bits per heavy atom. The summed E-state index contributed by atoms with van der Waals surface area (Å²) in [4.78, 5) is 33.8. The Morgan fingerprint density at radius 1 is 1.29 bits per heavy atom. The van der Waals surface area contributed by atoms with E-state index in [-0.39, 0.29) is 12.3 Å². The van der Waals surface area contributed by atoms with E-state index in [0.29, 0.717) is 16.1 Å². The number of rotatable bonds is 6. The van der Waals surface area contributed by atoms with Gasteiger partial charge >= 0.3 is 5.97 Å². The van der Waals surface area contributed by atoms with Crippen LogP contribution in [0.15, 0.2) is 41.8 Å². The zero-order valence-corrected chi connectivity index (χ0v) is 13.5. The molecule has 0 saturated heterocycles. The minimum Gasteiger partial charge on any atom is -0.462 e. The smallest absolute Gasteiger partial charge is 0.341 e. The molecule has 0 fully saturated rings.